The molecule has 2 saturated carbocycles. The number of rotatable bonds is 5. The van der Waals surface area contributed by atoms with Crippen molar-refractivity contribution in [2.24, 2.45) is 40.4 Å². The number of aliphatic carboxylic acids is 1. The van der Waals surface area contributed by atoms with Gasteiger partial charge in [-0.1, -0.05) is 33.8 Å². The van der Waals surface area contributed by atoms with Crippen LogP contribution in [0, 0.1) is 40.4 Å². The molecule has 5 nitrogen and oxygen atoms in total. The van der Waals surface area contributed by atoms with Crippen molar-refractivity contribution < 1.29 is 33.0 Å². The second-order valence-corrected chi connectivity index (χ2v) is 12.1. The molecular formula is C27H38F3NO4. The second-order valence-electron chi connectivity index (χ2n) is 12.1. The maximum atomic E-state index is 13.3. The summed E-state index contributed by atoms with van der Waals surface area (Å²) >= 11 is 0. The van der Waals surface area contributed by atoms with Crippen LogP contribution in [0.15, 0.2) is 23.3 Å². The number of hydrogen-bond donors (Lipinski definition) is 3. The predicted octanol–water partition coefficient (Wildman–Crippen LogP) is 5.25. The zero-order chi connectivity index (χ0) is 25.9. The van der Waals surface area contributed by atoms with E-state index in [0.717, 1.165) is 37.7 Å². The van der Waals surface area contributed by atoms with Crippen LogP contribution in [0.4, 0.5) is 13.2 Å². The summed E-state index contributed by atoms with van der Waals surface area (Å²) in [5, 5.41) is 21.9. The quantitative estimate of drug-likeness (QED) is 0.484. The molecule has 1 amide bonds. The van der Waals surface area contributed by atoms with Crippen LogP contribution in [-0.2, 0) is 9.59 Å². The number of carboxylic acid groups (broad SMARTS) is 1. The fourth-order valence-electron chi connectivity index (χ4n) is 8.00. The van der Waals surface area contributed by atoms with Crippen molar-refractivity contribution in [3.63, 3.8) is 0 Å². The number of allylic oxidation sites excluding steroid dienone is 3. The maximum absolute atomic E-state index is 13.3. The normalized spacial score (nSPS) is 38.4. The molecule has 0 saturated heterocycles. The fourth-order valence-corrected chi connectivity index (χ4v) is 8.00. The standard InChI is InChI=1S/C27H38F3NO4/c1-14(2)21(22(32)27(28,29)30)31-23(33)20-8-7-18-17-6-5-16-13-15(24(34)35)9-11-25(16,3)19(17)10-12-26(18,20)4/h5,13-14,17-22,32H,6-12H2,1-4H3,(H,31,33)(H,34,35)/t17-,18-,19-,20+,21?,22?,25-,26-/m0/s1. The smallest absolute Gasteiger partial charge is 0.416 e. The van der Waals surface area contributed by atoms with Gasteiger partial charge in [-0.2, -0.15) is 13.2 Å². The van der Waals surface area contributed by atoms with Crippen LogP contribution in [0.25, 0.3) is 0 Å². The lowest BCUT2D eigenvalue weighted by molar-refractivity contribution is -0.215. The third-order valence-electron chi connectivity index (χ3n) is 10.1. The van der Waals surface area contributed by atoms with Gasteiger partial charge < -0.3 is 15.5 Å². The van der Waals surface area contributed by atoms with Gasteiger partial charge in [-0.3, -0.25) is 4.79 Å². The zero-order valence-corrected chi connectivity index (χ0v) is 21.0. The van der Waals surface area contributed by atoms with Crippen LogP contribution in [0.2, 0.25) is 0 Å². The van der Waals surface area contributed by atoms with Crippen LogP contribution < -0.4 is 5.32 Å². The van der Waals surface area contributed by atoms with Gasteiger partial charge in [0.2, 0.25) is 5.91 Å². The van der Waals surface area contributed by atoms with Gasteiger partial charge in [-0.25, -0.2) is 4.79 Å². The van der Waals surface area contributed by atoms with Crippen molar-refractivity contribution in [1.29, 1.82) is 0 Å². The third-order valence-corrected chi connectivity index (χ3v) is 10.1. The third kappa shape index (κ3) is 4.34. The van der Waals surface area contributed by atoms with Crippen LogP contribution in [0.5, 0.6) is 0 Å². The Morgan fingerprint density at radius 3 is 2.40 bits per heavy atom. The molecule has 4 aliphatic rings. The van der Waals surface area contributed by atoms with Gasteiger partial charge in [0.05, 0.1) is 6.04 Å². The monoisotopic (exact) mass is 497 g/mol. The summed E-state index contributed by atoms with van der Waals surface area (Å²) < 4.78 is 39.6. The molecule has 0 aromatic carbocycles. The van der Waals surface area contributed by atoms with E-state index in [1.54, 1.807) is 13.8 Å². The number of halogens is 3. The van der Waals surface area contributed by atoms with Crippen molar-refractivity contribution in [3.8, 4) is 0 Å². The minimum absolute atomic E-state index is 0.0803. The van der Waals surface area contributed by atoms with Crippen LogP contribution in [-0.4, -0.2) is 40.4 Å². The minimum Gasteiger partial charge on any atom is -0.478 e. The summed E-state index contributed by atoms with van der Waals surface area (Å²) in [5.41, 5.74) is 1.21. The van der Waals surface area contributed by atoms with E-state index in [9.17, 15) is 33.0 Å². The molecule has 4 rings (SSSR count). The Hall–Kier alpha value is -1.83. The highest BCUT2D eigenvalue weighted by molar-refractivity contribution is 5.87. The molecule has 0 aromatic heterocycles. The average molecular weight is 498 g/mol. The highest BCUT2D eigenvalue weighted by Gasteiger charge is 2.60. The lowest BCUT2D eigenvalue weighted by Crippen LogP contribution is -2.56. The molecular weight excluding hydrogens is 459 g/mol. The Bertz CT molecular complexity index is 941. The predicted molar refractivity (Wildman–Crippen MR) is 125 cm³/mol. The first kappa shape index (κ1) is 26.2. The lowest BCUT2D eigenvalue weighted by atomic mass is 9.48. The molecule has 4 aliphatic carbocycles. The summed E-state index contributed by atoms with van der Waals surface area (Å²) in [6.07, 6.45) is 2.11. The van der Waals surface area contributed by atoms with Gasteiger partial charge in [0, 0.05) is 11.5 Å². The Balaban J connectivity index is 1.54. The molecule has 0 radical (unpaired) electrons. The summed E-state index contributed by atoms with van der Waals surface area (Å²) in [6, 6.07) is -1.38. The molecule has 3 N–H and O–H groups in total. The van der Waals surface area contributed by atoms with Crippen molar-refractivity contribution in [2.75, 3.05) is 0 Å². The van der Waals surface area contributed by atoms with E-state index in [0.29, 0.717) is 36.2 Å². The summed E-state index contributed by atoms with van der Waals surface area (Å²) in [5.74, 6) is -1.09. The van der Waals surface area contributed by atoms with E-state index in [1.165, 1.54) is 0 Å². The highest BCUT2D eigenvalue weighted by Crippen LogP contribution is 2.66. The number of nitrogens with one attached hydrogen (secondary N) is 1. The van der Waals surface area contributed by atoms with Crippen molar-refractivity contribution in [2.45, 2.75) is 91.0 Å². The molecule has 8 atom stereocenters. The van der Waals surface area contributed by atoms with E-state index in [1.807, 2.05) is 6.08 Å². The van der Waals surface area contributed by atoms with Gasteiger partial charge >= 0.3 is 12.1 Å². The van der Waals surface area contributed by atoms with Crippen molar-refractivity contribution in [3.05, 3.63) is 23.3 Å². The Labute approximate surface area is 205 Å². The number of carbonyl (C=O) groups excluding carboxylic acids is 1. The number of carbonyl (C=O) groups is 2. The first-order valence-electron chi connectivity index (χ1n) is 12.9. The molecule has 0 aromatic rings. The van der Waals surface area contributed by atoms with Gasteiger partial charge in [-0.05, 0) is 91.1 Å². The largest absolute Gasteiger partial charge is 0.478 e. The number of fused-ring (bicyclic) bond motifs is 5. The van der Waals surface area contributed by atoms with E-state index < -0.39 is 30.2 Å². The first-order valence-corrected chi connectivity index (χ1v) is 12.9. The number of carboxylic acids is 1. The summed E-state index contributed by atoms with van der Waals surface area (Å²) in [4.78, 5) is 24.8. The molecule has 0 spiro atoms. The van der Waals surface area contributed by atoms with Gasteiger partial charge in [-0.15, -0.1) is 0 Å². The topological polar surface area (TPSA) is 86.6 Å². The Morgan fingerprint density at radius 1 is 1.11 bits per heavy atom. The lowest BCUT2D eigenvalue weighted by Gasteiger charge is -2.57. The second kappa shape index (κ2) is 8.93. The number of amides is 1. The van der Waals surface area contributed by atoms with Crippen molar-refractivity contribution in [1.82, 2.24) is 5.32 Å². The van der Waals surface area contributed by atoms with E-state index >= 15 is 0 Å². The Kier molecular flexibility index (Phi) is 6.69. The van der Waals surface area contributed by atoms with Gasteiger partial charge in [0.25, 0.3) is 0 Å². The highest BCUT2D eigenvalue weighted by atomic mass is 19.4. The van der Waals surface area contributed by atoms with Crippen molar-refractivity contribution >= 4 is 11.9 Å². The number of hydrogen-bond acceptors (Lipinski definition) is 3. The Morgan fingerprint density at radius 2 is 1.80 bits per heavy atom. The average Bonchev–Trinajstić information content (AvgIpc) is 3.12. The molecule has 2 fully saturated rings. The fraction of sp³-hybridized carbons (Fsp3) is 0.778. The molecule has 196 valence electrons. The SMILES string of the molecule is CC(C)C(NC(=O)[C@H]1CC[C@H]2[C@@H]3CC=C4C=C(C(=O)O)CC[C@]4(C)[C@H]3CC[C@]12C)C(O)C(F)(F)F. The van der Waals surface area contributed by atoms with E-state index in [2.05, 4.69) is 25.2 Å². The van der Waals surface area contributed by atoms with Gasteiger partial charge in [0.15, 0.2) is 6.10 Å². The molecule has 0 bridgehead atoms. The molecule has 0 heterocycles. The molecule has 35 heavy (non-hydrogen) atoms. The first-order chi connectivity index (χ1) is 16.2. The summed E-state index contributed by atoms with van der Waals surface area (Å²) in [7, 11) is 0. The zero-order valence-electron chi connectivity index (χ0n) is 21.0. The molecule has 2 unspecified atom stereocenters. The number of aliphatic hydroxyl groups is 1. The van der Waals surface area contributed by atoms with Crippen LogP contribution >= 0.6 is 0 Å². The molecule has 8 heteroatoms. The van der Waals surface area contributed by atoms with Crippen LogP contribution in [0.1, 0.15) is 72.6 Å². The number of alkyl halides is 3. The minimum atomic E-state index is -4.79. The van der Waals surface area contributed by atoms with Crippen LogP contribution in [0.3, 0.4) is 0 Å². The molecule has 0 aliphatic heterocycles. The summed E-state index contributed by atoms with van der Waals surface area (Å²) in [6.45, 7) is 7.52. The van der Waals surface area contributed by atoms with Gasteiger partial charge in [0.1, 0.15) is 0 Å². The maximum Gasteiger partial charge on any atom is 0.416 e. The number of aliphatic hydroxyl groups excluding tert-OH is 1. The van der Waals surface area contributed by atoms with E-state index in [-0.39, 0.29) is 22.7 Å². The van der Waals surface area contributed by atoms with E-state index in [4.69, 9.17) is 0 Å².